The first-order valence-corrected chi connectivity index (χ1v) is 10.2. The van der Waals surface area contributed by atoms with Crippen molar-refractivity contribution >= 4 is 32.9 Å². The minimum absolute atomic E-state index is 0.202. The number of ether oxygens (including phenoxy) is 1. The zero-order valence-electron chi connectivity index (χ0n) is 16.8. The standard InChI is InChI=1S/C20H22BrN5O3/c1-5-29-11-10-24-18(27)16-17(23(4)20(24)28)22-19-25(12(2)13(3)26(16)19)15-8-6-14(21)7-9-15/h6-9H,5,10-11H2,1-4H3. The van der Waals surface area contributed by atoms with Crippen LogP contribution in [-0.2, 0) is 18.3 Å². The zero-order valence-corrected chi connectivity index (χ0v) is 18.4. The highest BCUT2D eigenvalue weighted by Gasteiger charge is 2.23. The lowest BCUT2D eigenvalue weighted by Crippen LogP contribution is -2.40. The predicted octanol–water partition coefficient (Wildman–Crippen LogP) is 2.55. The van der Waals surface area contributed by atoms with Crippen LogP contribution in [0.15, 0.2) is 38.3 Å². The van der Waals surface area contributed by atoms with Gasteiger partial charge < -0.3 is 4.74 Å². The summed E-state index contributed by atoms with van der Waals surface area (Å²) in [5.41, 5.74) is 2.83. The normalized spacial score (nSPS) is 11.8. The van der Waals surface area contributed by atoms with E-state index < -0.39 is 5.69 Å². The molecule has 0 radical (unpaired) electrons. The highest BCUT2D eigenvalue weighted by atomic mass is 79.9. The molecule has 29 heavy (non-hydrogen) atoms. The Kier molecular flexibility index (Phi) is 4.95. The van der Waals surface area contributed by atoms with E-state index in [4.69, 9.17) is 4.74 Å². The van der Waals surface area contributed by atoms with Crippen LogP contribution in [0.5, 0.6) is 0 Å². The van der Waals surface area contributed by atoms with Gasteiger partial charge in [-0.25, -0.2) is 4.79 Å². The number of nitrogens with zero attached hydrogens (tertiary/aromatic N) is 5. The summed E-state index contributed by atoms with van der Waals surface area (Å²) in [4.78, 5) is 30.7. The Morgan fingerprint density at radius 2 is 1.79 bits per heavy atom. The van der Waals surface area contributed by atoms with Crippen molar-refractivity contribution in [3.8, 4) is 5.69 Å². The molecular weight excluding hydrogens is 438 g/mol. The van der Waals surface area contributed by atoms with Gasteiger partial charge in [0.15, 0.2) is 11.2 Å². The van der Waals surface area contributed by atoms with Gasteiger partial charge in [-0.3, -0.25) is 22.9 Å². The van der Waals surface area contributed by atoms with Gasteiger partial charge in [0.25, 0.3) is 5.56 Å². The van der Waals surface area contributed by atoms with Gasteiger partial charge in [0.2, 0.25) is 5.78 Å². The van der Waals surface area contributed by atoms with Gasteiger partial charge in [-0.1, -0.05) is 15.9 Å². The van der Waals surface area contributed by atoms with Gasteiger partial charge in [-0.2, -0.15) is 4.98 Å². The molecule has 8 nitrogen and oxygen atoms in total. The Labute approximate surface area is 175 Å². The highest BCUT2D eigenvalue weighted by molar-refractivity contribution is 9.10. The summed E-state index contributed by atoms with van der Waals surface area (Å²) in [7, 11) is 1.64. The average Bonchev–Trinajstić information content (AvgIpc) is 3.20. The molecule has 3 heterocycles. The molecule has 0 aliphatic heterocycles. The number of aryl methyl sites for hydroxylation is 2. The van der Waals surface area contributed by atoms with Gasteiger partial charge in [0.1, 0.15) is 0 Å². The second-order valence-electron chi connectivity index (χ2n) is 6.90. The van der Waals surface area contributed by atoms with E-state index >= 15 is 0 Å². The summed E-state index contributed by atoms with van der Waals surface area (Å²) in [5, 5.41) is 0. The van der Waals surface area contributed by atoms with Crippen LogP contribution >= 0.6 is 15.9 Å². The van der Waals surface area contributed by atoms with Gasteiger partial charge in [0.05, 0.1) is 13.2 Å². The quantitative estimate of drug-likeness (QED) is 0.429. The van der Waals surface area contributed by atoms with Crippen molar-refractivity contribution in [1.82, 2.24) is 23.1 Å². The smallest absolute Gasteiger partial charge is 0.332 e. The van der Waals surface area contributed by atoms with E-state index in [0.29, 0.717) is 30.2 Å². The topological polar surface area (TPSA) is 75.5 Å². The highest BCUT2D eigenvalue weighted by Crippen LogP contribution is 2.25. The first-order chi connectivity index (χ1) is 13.9. The van der Waals surface area contributed by atoms with Crippen molar-refractivity contribution in [2.24, 2.45) is 7.05 Å². The predicted molar refractivity (Wildman–Crippen MR) is 115 cm³/mol. The Hall–Kier alpha value is -2.65. The SMILES string of the molecule is CCOCCn1c(=O)c2c(nc3n(-c4ccc(Br)cc4)c(C)c(C)n23)n(C)c1=O. The number of rotatable bonds is 5. The molecular formula is C20H22BrN5O3. The monoisotopic (exact) mass is 459 g/mol. The lowest BCUT2D eigenvalue weighted by molar-refractivity contribution is 0.137. The molecule has 4 rings (SSSR count). The van der Waals surface area contributed by atoms with Gasteiger partial charge in [0, 0.05) is 35.2 Å². The molecule has 0 fully saturated rings. The third-order valence-electron chi connectivity index (χ3n) is 5.27. The third kappa shape index (κ3) is 2.96. The van der Waals surface area contributed by atoms with Crippen LogP contribution in [0.25, 0.3) is 22.6 Å². The second kappa shape index (κ2) is 7.31. The van der Waals surface area contributed by atoms with E-state index in [2.05, 4.69) is 20.9 Å². The van der Waals surface area contributed by atoms with Gasteiger partial charge >= 0.3 is 5.69 Å². The maximum atomic E-state index is 13.2. The molecule has 152 valence electrons. The minimum Gasteiger partial charge on any atom is -0.380 e. The number of imidazole rings is 2. The third-order valence-corrected chi connectivity index (χ3v) is 5.80. The Morgan fingerprint density at radius 3 is 2.45 bits per heavy atom. The van der Waals surface area contributed by atoms with Crippen LogP contribution in [-0.4, -0.2) is 36.3 Å². The number of hydrogen-bond acceptors (Lipinski definition) is 4. The fourth-order valence-corrected chi connectivity index (χ4v) is 3.91. The van der Waals surface area contributed by atoms with Crippen LogP contribution in [0.4, 0.5) is 0 Å². The van der Waals surface area contributed by atoms with Crippen molar-refractivity contribution in [3.63, 3.8) is 0 Å². The summed E-state index contributed by atoms with van der Waals surface area (Å²) in [6.45, 7) is 6.86. The van der Waals surface area contributed by atoms with Crippen molar-refractivity contribution in [2.75, 3.05) is 13.2 Å². The molecule has 0 N–H and O–H groups in total. The molecule has 1 aromatic carbocycles. The molecule has 0 saturated carbocycles. The molecule has 0 spiro atoms. The maximum Gasteiger partial charge on any atom is 0.332 e. The molecule has 4 aromatic rings. The first kappa shape index (κ1) is 19.7. The molecule has 0 bridgehead atoms. The first-order valence-electron chi connectivity index (χ1n) is 9.40. The Balaban J connectivity index is 2.06. The van der Waals surface area contributed by atoms with E-state index in [-0.39, 0.29) is 12.1 Å². The molecule has 9 heteroatoms. The number of hydrogen-bond donors (Lipinski definition) is 0. The number of halogens is 1. The van der Waals surface area contributed by atoms with Crippen molar-refractivity contribution in [3.05, 3.63) is 61.0 Å². The molecule has 0 atom stereocenters. The zero-order chi connectivity index (χ0) is 20.9. The molecule has 0 amide bonds. The molecule has 0 aliphatic carbocycles. The van der Waals surface area contributed by atoms with E-state index in [0.717, 1.165) is 21.5 Å². The lowest BCUT2D eigenvalue weighted by Gasteiger charge is -2.08. The van der Waals surface area contributed by atoms with Crippen LogP contribution in [0.2, 0.25) is 0 Å². The van der Waals surface area contributed by atoms with Gasteiger partial charge in [-0.05, 0) is 45.0 Å². The lowest BCUT2D eigenvalue weighted by atomic mass is 10.3. The number of benzene rings is 1. The second-order valence-corrected chi connectivity index (χ2v) is 7.81. The van der Waals surface area contributed by atoms with E-state index in [1.165, 1.54) is 9.13 Å². The summed E-state index contributed by atoms with van der Waals surface area (Å²) < 4.78 is 12.8. The van der Waals surface area contributed by atoms with Crippen molar-refractivity contribution in [1.29, 1.82) is 0 Å². The van der Waals surface area contributed by atoms with Crippen LogP contribution in [0.3, 0.4) is 0 Å². The molecule has 0 saturated heterocycles. The van der Waals surface area contributed by atoms with Crippen LogP contribution in [0, 0.1) is 13.8 Å². The summed E-state index contributed by atoms with van der Waals surface area (Å²) in [5.74, 6) is 0.604. The Bertz CT molecular complexity index is 1340. The summed E-state index contributed by atoms with van der Waals surface area (Å²) in [6.07, 6.45) is 0. The molecule has 0 aliphatic rings. The molecule has 0 unspecified atom stereocenters. The average molecular weight is 460 g/mol. The minimum atomic E-state index is -0.396. The fraction of sp³-hybridized carbons (Fsp3) is 0.350. The van der Waals surface area contributed by atoms with E-state index in [1.807, 2.05) is 54.0 Å². The molecule has 3 aromatic heterocycles. The number of aromatic nitrogens is 5. The van der Waals surface area contributed by atoms with Crippen molar-refractivity contribution in [2.45, 2.75) is 27.3 Å². The maximum absolute atomic E-state index is 13.2. The van der Waals surface area contributed by atoms with E-state index in [1.54, 1.807) is 7.05 Å². The van der Waals surface area contributed by atoms with Crippen molar-refractivity contribution < 1.29 is 4.74 Å². The summed E-state index contributed by atoms with van der Waals surface area (Å²) in [6, 6.07) is 7.88. The summed E-state index contributed by atoms with van der Waals surface area (Å²) >= 11 is 3.46. The van der Waals surface area contributed by atoms with Crippen LogP contribution < -0.4 is 11.2 Å². The fourth-order valence-electron chi connectivity index (χ4n) is 3.65. The number of fused-ring (bicyclic) bond motifs is 3. The Morgan fingerprint density at radius 1 is 1.10 bits per heavy atom. The largest absolute Gasteiger partial charge is 0.380 e. The van der Waals surface area contributed by atoms with Crippen LogP contribution in [0.1, 0.15) is 18.3 Å². The van der Waals surface area contributed by atoms with Gasteiger partial charge in [-0.15, -0.1) is 0 Å². The van der Waals surface area contributed by atoms with E-state index in [9.17, 15) is 9.59 Å².